The van der Waals surface area contributed by atoms with Crippen molar-refractivity contribution in [2.45, 2.75) is 46.1 Å². The minimum atomic E-state index is -0.181. The van der Waals surface area contributed by atoms with E-state index in [4.69, 9.17) is 4.74 Å². The van der Waals surface area contributed by atoms with Crippen LogP contribution in [0.5, 0.6) is 5.75 Å². The van der Waals surface area contributed by atoms with Gasteiger partial charge in [0.25, 0.3) is 0 Å². The molecule has 0 aliphatic rings. The van der Waals surface area contributed by atoms with Crippen molar-refractivity contribution < 1.29 is 9.53 Å². The number of Topliss-reactive ketones (excluding diaryl/α,β-unsaturated/α-hetero) is 1. The Morgan fingerprint density at radius 1 is 1.32 bits per heavy atom. The van der Waals surface area contributed by atoms with Crippen molar-refractivity contribution in [1.82, 2.24) is 5.32 Å². The zero-order chi connectivity index (χ0) is 14.8. The van der Waals surface area contributed by atoms with Gasteiger partial charge in [-0.15, -0.1) is 0 Å². The molecule has 0 spiro atoms. The van der Waals surface area contributed by atoms with E-state index in [9.17, 15) is 4.79 Å². The van der Waals surface area contributed by atoms with E-state index < -0.39 is 0 Å². The van der Waals surface area contributed by atoms with Crippen molar-refractivity contribution >= 4 is 5.78 Å². The Labute approximate surface area is 116 Å². The number of nitrogens with one attached hydrogen (secondary N) is 1. The number of rotatable bonds is 4. The molecule has 106 valence electrons. The van der Waals surface area contributed by atoms with Gasteiger partial charge < -0.3 is 10.1 Å². The average Bonchev–Trinajstić information content (AvgIpc) is 2.35. The summed E-state index contributed by atoms with van der Waals surface area (Å²) < 4.78 is 5.45. The lowest BCUT2D eigenvalue weighted by atomic mass is 9.83. The van der Waals surface area contributed by atoms with Gasteiger partial charge in [-0.25, -0.2) is 0 Å². The molecule has 0 aliphatic heterocycles. The standard InChI is InChI=1S/C16H25NO2/c1-10-8-14(19-7)13(16(3,4)5)9-12(10)15(18)11(2)17-6/h8-9,11,17H,1-7H3. The molecule has 0 aliphatic carbocycles. The smallest absolute Gasteiger partial charge is 0.179 e. The highest BCUT2D eigenvalue weighted by Crippen LogP contribution is 2.33. The first-order valence-corrected chi connectivity index (χ1v) is 6.63. The first-order chi connectivity index (χ1) is 8.72. The molecule has 0 saturated heterocycles. The number of carbonyl (C=O) groups excluding carboxylic acids is 1. The molecule has 1 aromatic rings. The van der Waals surface area contributed by atoms with Crippen molar-refractivity contribution in [3.8, 4) is 5.75 Å². The van der Waals surface area contributed by atoms with E-state index in [1.807, 2.05) is 26.0 Å². The summed E-state index contributed by atoms with van der Waals surface area (Å²) >= 11 is 0. The molecule has 3 heteroatoms. The Kier molecular flexibility index (Phi) is 4.75. The summed E-state index contributed by atoms with van der Waals surface area (Å²) in [7, 11) is 3.47. The summed E-state index contributed by atoms with van der Waals surface area (Å²) in [6, 6.07) is 3.75. The summed E-state index contributed by atoms with van der Waals surface area (Å²) in [6.45, 7) is 10.2. The predicted molar refractivity (Wildman–Crippen MR) is 79.3 cm³/mol. The maximum atomic E-state index is 12.4. The lowest BCUT2D eigenvalue weighted by molar-refractivity contribution is 0.0954. The second kappa shape index (κ2) is 5.74. The second-order valence-electron chi connectivity index (χ2n) is 5.99. The molecule has 19 heavy (non-hydrogen) atoms. The van der Waals surface area contributed by atoms with Crippen LogP contribution < -0.4 is 10.1 Å². The third kappa shape index (κ3) is 3.35. The number of ether oxygens (including phenoxy) is 1. The minimum absolute atomic E-state index is 0.0586. The average molecular weight is 263 g/mol. The van der Waals surface area contributed by atoms with Crippen LogP contribution in [0.4, 0.5) is 0 Å². The monoisotopic (exact) mass is 263 g/mol. The van der Waals surface area contributed by atoms with Gasteiger partial charge in [0.2, 0.25) is 0 Å². The van der Waals surface area contributed by atoms with E-state index in [2.05, 4.69) is 26.1 Å². The number of likely N-dealkylation sites (N-methyl/N-ethyl adjacent to an activating group) is 1. The van der Waals surface area contributed by atoms with Crippen molar-refractivity contribution in [3.05, 3.63) is 28.8 Å². The number of ketones is 1. The maximum absolute atomic E-state index is 12.4. The molecule has 0 fully saturated rings. The molecule has 0 amide bonds. The third-order valence-electron chi connectivity index (χ3n) is 3.45. The van der Waals surface area contributed by atoms with E-state index >= 15 is 0 Å². The van der Waals surface area contributed by atoms with Crippen molar-refractivity contribution in [1.29, 1.82) is 0 Å². The molecule has 0 heterocycles. The molecule has 3 nitrogen and oxygen atoms in total. The van der Waals surface area contributed by atoms with Gasteiger partial charge in [0.15, 0.2) is 5.78 Å². The fraction of sp³-hybridized carbons (Fsp3) is 0.562. The number of hydrogen-bond donors (Lipinski definition) is 1. The van der Waals surface area contributed by atoms with Crippen LogP contribution in [0, 0.1) is 6.92 Å². The number of aryl methyl sites for hydroxylation is 1. The van der Waals surface area contributed by atoms with Gasteiger partial charge in [0, 0.05) is 11.1 Å². The van der Waals surface area contributed by atoms with E-state index in [-0.39, 0.29) is 17.2 Å². The van der Waals surface area contributed by atoms with Crippen LogP contribution in [0.3, 0.4) is 0 Å². The van der Waals surface area contributed by atoms with Gasteiger partial charge in [-0.2, -0.15) is 0 Å². The third-order valence-corrected chi connectivity index (χ3v) is 3.45. The van der Waals surface area contributed by atoms with E-state index in [1.165, 1.54) is 0 Å². The fourth-order valence-corrected chi connectivity index (χ4v) is 2.07. The zero-order valence-corrected chi connectivity index (χ0v) is 13.0. The summed E-state index contributed by atoms with van der Waals surface area (Å²) in [6.07, 6.45) is 0. The SMILES string of the molecule is CNC(C)C(=O)c1cc(C(C)(C)C)c(OC)cc1C. The summed E-state index contributed by atoms with van der Waals surface area (Å²) in [5.74, 6) is 0.965. The fourth-order valence-electron chi connectivity index (χ4n) is 2.07. The van der Waals surface area contributed by atoms with Crippen molar-refractivity contribution in [3.63, 3.8) is 0 Å². The molecule has 0 saturated carbocycles. The molecule has 1 unspecified atom stereocenters. The number of hydrogen-bond acceptors (Lipinski definition) is 3. The van der Waals surface area contributed by atoms with Gasteiger partial charge in [-0.1, -0.05) is 20.8 Å². The number of benzene rings is 1. The van der Waals surface area contributed by atoms with Crippen LogP contribution in [0.1, 0.15) is 49.2 Å². The van der Waals surface area contributed by atoms with Gasteiger partial charge in [0.1, 0.15) is 5.75 Å². The highest BCUT2D eigenvalue weighted by Gasteiger charge is 2.23. The Bertz CT molecular complexity index is 472. The molecule has 0 radical (unpaired) electrons. The summed E-state index contributed by atoms with van der Waals surface area (Å²) in [5, 5.41) is 3.00. The lowest BCUT2D eigenvalue weighted by Gasteiger charge is -2.24. The van der Waals surface area contributed by atoms with Gasteiger partial charge in [0.05, 0.1) is 13.2 Å². The largest absolute Gasteiger partial charge is 0.496 e. The van der Waals surface area contributed by atoms with Crippen molar-refractivity contribution in [2.24, 2.45) is 0 Å². The topological polar surface area (TPSA) is 38.3 Å². The molecule has 0 aromatic heterocycles. The summed E-state index contributed by atoms with van der Waals surface area (Å²) in [4.78, 5) is 12.4. The highest BCUT2D eigenvalue weighted by molar-refractivity contribution is 6.01. The zero-order valence-electron chi connectivity index (χ0n) is 13.0. The first-order valence-electron chi connectivity index (χ1n) is 6.63. The van der Waals surface area contributed by atoms with Crippen LogP contribution in [-0.2, 0) is 5.41 Å². The molecule has 1 aromatic carbocycles. The van der Waals surface area contributed by atoms with Crippen LogP contribution in [0.15, 0.2) is 12.1 Å². The summed E-state index contributed by atoms with van der Waals surface area (Å²) in [5.41, 5.74) is 2.73. The molecule has 1 atom stereocenters. The molecular formula is C16H25NO2. The Hall–Kier alpha value is -1.35. The van der Waals surface area contributed by atoms with Gasteiger partial charge in [-0.05, 0) is 44.0 Å². The second-order valence-corrected chi connectivity index (χ2v) is 5.99. The molecule has 1 rings (SSSR count). The van der Waals surface area contributed by atoms with Gasteiger partial charge >= 0.3 is 0 Å². The number of carbonyl (C=O) groups is 1. The maximum Gasteiger partial charge on any atom is 0.179 e. The molecule has 0 bridgehead atoms. The van der Waals surface area contributed by atoms with Crippen LogP contribution in [0.25, 0.3) is 0 Å². The van der Waals surface area contributed by atoms with Crippen LogP contribution in [0.2, 0.25) is 0 Å². The highest BCUT2D eigenvalue weighted by atomic mass is 16.5. The Morgan fingerprint density at radius 2 is 1.89 bits per heavy atom. The van der Waals surface area contributed by atoms with E-state index in [1.54, 1.807) is 14.2 Å². The lowest BCUT2D eigenvalue weighted by Crippen LogP contribution is -2.31. The molecule has 1 N–H and O–H groups in total. The predicted octanol–water partition coefficient (Wildman–Crippen LogP) is 3.09. The van der Waals surface area contributed by atoms with E-state index in [0.717, 1.165) is 22.4 Å². The number of methoxy groups -OCH3 is 1. The normalized spacial score (nSPS) is 13.2. The van der Waals surface area contributed by atoms with Crippen LogP contribution in [-0.4, -0.2) is 26.0 Å². The molecular weight excluding hydrogens is 238 g/mol. The Balaban J connectivity index is 3.40. The first kappa shape index (κ1) is 15.7. The minimum Gasteiger partial charge on any atom is -0.496 e. The Morgan fingerprint density at radius 3 is 2.32 bits per heavy atom. The van der Waals surface area contributed by atoms with Crippen molar-refractivity contribution in [2.75, 3.05) is 14.2 Å². The van der Waals surface area contributed by atoms with Gasteiger partial charge in [-0.3, -0.25) is 4.79 Å². The van der Waals surface area contributed by atoms with E-state index in [0.29, 0.717) is 0 Å². The quantitative estimate of drug-likeness (QED) is 0.848. The van der Waals surface area contributed by atoms with Crippen LogP contribution >= 0.6 is 0 Å².